The minimum Gasteiger partial charge on any atom is -0.309 e. The van der Waals surface area contributed by atoms with E-state index < -0.39 is 0 Å². The zero-order valence-electron chi connectivity index (χ0n) is 11.7. The van der Waals surface area contributed by atoms with Gasteiger partial charge >= 0.3 is 0 Å². The highest BCUT2D eigenvalue weighted by Crippen LogP contribution is 2.33. The highest BCUT2D eigenvalue weighted by atomic mass is 79.9. The molecule has 102 valence electrons. The zero-order chi connectivity index (χ0) is 14.4. The molecule has 0 unspecified atom stereocenters. The summed E-state index contributed by atoms with van der Waals surface area (Å²) in [5.41, 5.74) is 4.97. The smallest absolute Gasteiger partial charge is 0.0552 e. The van der Waals surface area contributed by atoms with Crippen molar-refractivity contribution < 1.29 is 0 Å². The summed E-state index contributed by atoms with van der Waals surface area (Å²) in [6.45, 7) is 2.14. The van der Waals surface area contributed by atoms with Gasteiger partial charge in [-0.25, -0.2) is 0 Å². The Hall–Kier alpha value is -2.06. The van der Waals surface area contributed by atoms with Crippen molar-refractivity contribution >= 4 is 37.7 Å². The molecule has 0 spiro atoms. The van der Waals surface area contributed by atoms with Gasteiger partial charge < -0.3 is 4.57 Å². The third kappa shape index (κ3) is 1.98. The maximum absolute atomic E-state index is 3.60. The van der Waals surface area contributed by atoms with Crippen LogP contribution in [-0.4, -0.2) is 4.57 Å². The topological polar surface area (TPSA) is 4.93 Å². The van der Waals surface area contributed by atoms with Crippen LogP contribution in [0.1, 0.15) is 5.56 Å². The Balaban J connectivity index is 2.24. The van der Waals surface area contributed by atoms with Gasteiger partial charge in [0.25, 0.3) is 0 Å². The average Bonchev–Trinajstić information content (AvgIpc) is 2.80. The van der Waals surface area contributed by atoms with Crippen molar-refractivity contribution in [3.05, 3.63) is 76.8 Å². The Bertz CT molecular complexity index is 892. The second-order valence-electron chi connectivity index (χ2n) is 5.35. The summed E-state index contributed by atoms with van der Waals surface area (Å²) in [5.74, 6) is 0. The Labute approximate surface area is 132 Å². The number of fused-ring (bicyclic) bond motifs is 3. The summed E-state index contributed by atoms with van der Waals surface area (Å²) in [4.78, 5) is 0. The lowest BCUT2D eigenvalue weighted by Gasteiger charge is -2.07. The predicted octanol–water partition coefficient (Wildman–Crippen LogP) is 5.85. The quantitative estimate of drug-likeness (QED) is 0.411. The molecule has 1 aromatic heterocycles. The fraction of sp³-hybridized carbons (Fsp3) is 0.0526. The Morgan fingerprint density at radius 1 is 0.762 bits per heavy atom. The first-order chi connectivity index (χ1) is 10.2. The molecule has 4 rings (SSSR count). The molecule has 0 N–H and O–H groups in total. The van der Waals surface area contributed by atoms with Crippen LogP contribution in [0.25, 0.3) is 27.5 Å². The van der Waals surface area contributed by atoms with Crippen molar-refractivity contribution in [3.8, 4) is 5.69 Å². The summed E-state index contributed by atoms with van der Waals surface area (Å²) in [6, 6.07) is 23.7. The maximum Gasteiger partial charge on any atom is 0.0552 e. The predicted molar refractivity (Wildman–Crippen MR) is 93.2 cm³/mol. The van der Waals surface area contributed by atoms with Gasteiger partial charge in [0, 0.05) is 20.9 Å². The van der Waals surface area contributed by atoms with Crippen LogP contribution >= 0.6 is 15.9 Å². The number of halogens is 1. The zero-order valence-corrected chi connectivity index (χ0v) is 13.3. The molecule has 2 heteroatoms. The van der Waals surface area contributed by atoms with Gasteiger partial charge in [0.2, 0.25) is 0 Å². The van der Waals surface area contributed by atoms with Crippen LogP contribution in [-0.2, 0) is 0 Å². The van der Waals surface area contributed by atoms with E-state index in [1.54, 1.807) is 0 Å². The summed E-state index contributed by atoms with van der Waals surface area (Å²) in [5, 5.41) is 2.59. The number of nitrogens with zero attached hydrogens (tertiary/aromatic N) is 1. The fourth-order valence-corrected chi connectivity index (χ4v) is 3.31. The third-order valence-corrected chi connectivity index (χ3v) is 4.39. The molecule has 0 aliphatic heterocycles. The van der Waals surface area contributed by atoms with Crippen LogP contribution in [0.2, 0.25) is 0 Å². The molecule has 0 fully saturated rings. The molecule has 1 heterocycles. The average molecular weight is 336 g/mol. The molecule has 1 nitrogen and oxygen atoms in total. The van der Waals surface area contributed by atoms with Crippen LogP contribution in [0.15, 0.2) is 71.2 Å². The van der Waals surface area contributed by atoms with E-state index in [2.05, 4.69) is 94.2 Å². The van der Waals surface area contributed by atoms with Crippen LogP contribution in [0.3, 0.4) is 0 Å². The van der Waals surface area contributed by atoms with E-state index in [1.165, 1.54) is 33.1 Å². The van der Waals surface area contributed by atoms with Crippen molar-refractivity contribution in [3.63, 3.8) is 0 Å². The Morgan fingerprint density at radius 2 is 1.43 bits per heavy atom. The second kappa shape index (κ2) is 4.74. The Morgan fingerprint density at radius 3 is 2.19 bits per heavy atom. The molecule has 3 aromatic carbocycles. The second-order valence-corrected chi connectivity index (χ2v) is 6.27. The van der Waals surface area contributed by atoms with Gasteiger partial charge in [-0.2, -0.15) is 0 Å². The minimum atomic E-state index is 1.10. The van der Waals surface area contributed by atoms with Crippen LogP contribution in [0.5, 0.6) is 0 Å². The molecule has 0 radical (unpaired) electrons. The summed E-state index contributed by atoms with van der Waals surface area (Å²) in [6.07, 6.45) is 0. The van der Waals surface area contributed by atoms with Crippen LogP contribution in [0.4, 0.5) is 0 Å². The van der Waals surface area contributed by atoms with Crippen molar-refractivity contribution in [1.82, 2.24) is 4.57 Å². The summed E-state index contributed by atoms with van der Waals surface area (Å²) in [7, 11) is 0. The molecule has 0 saturated heterocycles. The van der Waals surface area contributed by atoms with Crippen molar-refractivity contribution in [2.75, 3.05) is 0 Å². The van der Waals surface area contributed by atoms with Gasteiger partial charge in [-0.3, -0.25) is 0 Å². The van der Waals surface area contributed by atoms with Gasteiger partial charge in [0.1, 0.15) is 0 Å². The molecule has 0 atom stereocenters. The largest absolute Gasteiger partial charge is 0.309 e. The van der Waals surface area contributed by atoms with Gasteiger partial charge in [-0.15, -0.1) is 0 Å². The van der Waals surface area contributed by atoms with E-state index in [-0.39, 0.29) is 0 Å². The van der Waals surface area contributed by atoms with Gasteiger partial charge in [0.05, 0.1) is 11.0 Å². The normalized spacial score (nSPS) is 11.3. The highest BCUT2D eigenvalue weighted by Gasteiger charge is 2.12. The van der Waals surface area contributed by atoms with E-state index in [4.69, 9.17) is 0 Å². The Kier molecular flexibility index (Phi) is 2.86. The monoisotopic (exact) mass is 335 g/mol. The molecule has 0 bridgehead atoms. The number of para-hydroxylation sites is 1. The van der Waals surface area contributed by atoms with E-state index >= 15 is 0 Å². The molecule has 4 aromatic rings. The van der Waals surface area contributed by atoms with E-state index in [9.17, 15) is 0 Å². The van der Waals surface area contributed by atoms with Crippen LogP contribution < -0.4 is 0 Å². The minimum absolute atomic E-state index is 1.10. The molecular formula is C19H14BrN. The molecule has 0 aliphatic carbocycles. The van der Waals surface area contributed by atoms with E-state index in [1.807, 2.05) is 0 Å². The first-order valence-electron chi connectivity index (χ1n) is 7.00. The van der Waals surface area contributed by atoms with E-state index in [0.717, 1.165) is 4.47 Å². The van der Waals surface area contributed by atoms with Crippen molar-refractivity contribution in [2.45, 2.75) is 6.92 Å². The number of hydrogen-bond donors (Lipinski definition) is 0. The van der Waals surface area contributed by atoms with Gasteiger partial charge in [-0.1, -0.05) is 52.3 Å². The van der Waals surface area contributed by atoms with Crippen LogP contribution in [0, 0.1) is 6.92 Å². The van der Waals surface area contributed by atoms with Crippen molar-refractivity contribution in [1.29, 1.82) is 0 Å². The maximum atomic E-state index is 3.60. The van der Waals surface area contributed by atoms with E-state index in [0.29, 0.717) is 0 Å². The number of aromatic nitrogens is 1. The summed E-state index contributed by atoms with van der Waals surface area (Å²) < 4.78 is 3.44. The first-order valence-corrected chi connectivity index (χ1v) is 7.79. The number of hydrogen-bond acceptors (Lipinski definition) is 0. The summed E-state index contributed by atoms with van der Waals surface area (Å²) >= 11 is 3.60. The molecule has 0 aliphatic rings. The third-order valence-electron chi connectivity index (χ3n) is 3.90. The highest BCUT2D eigenvalue weighted by molar-refractivity contribution is 9.10. The van der Waals surface area contributed by atoms with Gasteiger partial charge in [-0.05, 0) is 42.8 Å². The molecule has 0 saturated carbocycles. The molecular weight excluding hydrogens is 322 g/mol. The molecule has 21 heavy (non-hydrogen) atoms. The van der Waals surface area contributed by atoms with Crippen molar-refractivity contribution in [2.24, 2.45) is 0 Å². The molecule has 0 amide bonds. The lowest BCUT2D eigenvalue weighted by molar-refractivity contribution is 1.18. The number of benzene rings is 3. The standard InChI is InChI=1S/C19H14BrN/c1-13-7-9-16-17-10-8-14(20)12-19(17)21(18(16)11-13)15-5-3-2-4-6-15/h2-12H,1H3. The lowest BCUT2D eigenvalue weighted by Crippen LogP contribution is -1.93. The fourth-order valence-electron chi connectivity index (χ4n) is 2.96. The van der Waals surface area contributed by atoms with Gasteiger partial charge in [0.15, 0.2) is 0 Å². The number of aryl methyl sites for hydroxylation is 1. The number of rotatable bonds is 1. The first kappa shape index (κ1) is 12.7. The SMILES string of the molecule is Cc1ccc2c3ccc(Br)cc3n(-c3ccccc3)c2c1. The lowest BCUT2D eigenvalue weighted by atomic mass is 10.1.